The fraction of sp³-hybridized carbons (Fsp3) is 0.111. The van der Waals surface area contributed by atoms with Gasteiger partial charge >= 0.3 is 0 Å². The van der Waals surface area contributed by atoms with E-state index in [1.807, 2.05) is 29.0 Å². The summed E-state index contributed by atoms with van der Waals surface area (Å²) in [7, 11) is -3.63. The molecule has 1 N–H and O–H groups in total. The molecule has 0 radical (unpaired) electrons. The Balaban J connectivity index is 1.72. The van der Waals surface area contributed by atoms with E-state index in [9.17, 15) is 12.8 Å². The predicted molar refractivity (Wildman–Crippen MR) is 95.4 cm³/mol. The first-order valence-electron chi connectivity index (χ1n) is 7.58. The monoisotopic (exact) mass is 378 g/mol. The summed E-state index contributed by atoms with van der Waals surface area (Å²) in [6, 6.07) is 15.9. The van der Waals surface area contributed by atoms with E-state index in [1.165, 1.54) is 36.4 Å². The number of halogens is 2. The molecule has 0 saturated heterocycles. The van der Waals surface area contributed by atoms with Gasteiger partial charge < -0.3 is 4.57 Å². The average molecular weight is 379 g/mol. The molecule has 0 bridgehead atoms. The van der Waals surface area contributed by atoms with Gasteiger partial charge in [-0.2, -0.15) is 0 Å². The maximum atomic E-state index is 13.3. The zero-order chi connectivity index (χ0) is 17.9. The third-order valence-electron chi connectivity index (χ3n) is 3.73. The molecule has 4 nitrogen and oxygen atoms in total. The van der Waals surface area contributed by atoms with Crippen molar-refractivity contribution < 1.29 is 12.8 Å². The second-order valence-electron chi connectivity index (χ2n) is 5.54. The van der Waals surface area contributed by atoms with Gasteiger partial charge in [0.25, 0.3) is 0 Å². The van der Waals surface area contributed by atoms with Gasteiger partial charge in [0.2, 0.25) is 10.0 Å². The van der Waals surface area contributed by atoms with Gasteiger partial charge in [0, 0.05) is 23.5 Å². The molecule has 0 aliphatic rings. The zero-order valence-corrected chi connectivity index (χ0v) is 14.8. The smallest absolute Gasteiger partial charge is 0.240 e. The van der Waals surface area contributed by atoms with Crippen molar-refractivity contribution in [3.63, 3.8) is 0 Å². The fourth-order valence-electron chi connectivity index (χ4n) is 2.46. The molecule has 0 spiro atoms. The lowest BCUT2D eigenvalue weighted by Crippen LogP contribution is -2.24. The van der Waals surface area contributed by atoms with E-state index >= 15 is 0 Å². The van der Waals surface area contributed by atoms with Gasteiger partial charge in [0.1, 0.15) is 5.82 Å². The van der Waals surface area contributed by atoms with Crippen LogP contribution in [0.15, 0.2) is 71.8 Å². The van der Waals surface area contributed by atoms with Crippen molar-refractivity contribution in [2.24, 2.45) is 0 Å². The second-order valence-corrected chi connectivity index (χ2v) is 7.74. The SMILES string of the molecule is O=S(=O)(NCc1cccn1Cc1cccc(F)c1)c1ccc(Cl)cc1. The summed E-state index contributed by atoms with van der Waals surface area (Å²) in [6.45, 7) is 0.593. The summed E-state index contributed by atoms with van der Waals surface area (Å²) in [5, 5.41) is 0.475. The Morgan fingerprint density at radius 2 is 1.80 bits per heavy atom. The maximum absolute atomic E-state index is 13.3. The van der Waals surface area contributed by atoms with E-state index in [1.54, 1.807) is 6.07 Å². The van der Waals surface area contributed by atoms with Crippen LogP contribution in [-0.4, -0.2) is 13.0 Å². The van der Waals surface area contributed by atoms with Crippen LogP contribution in [0.2, 0.25) is 5.02 Å². The molecule has 3 rings (SSSR count). The van der Waals surface area contributed by atoms with Crippen LogP contribution in [0, 0.1) is 5.82 Å². The van der Waals surface area contributed by atoms with Gasteiger partial charge in [-0.1, -0.05) is 23.7 Å². The summed E-state index contributed by atoms with van der Waals surface area (Å²) >= 11 is 5.78. The highest BCUT2D eigenvalue weighted by Crippen LogP contribution is 2.15. The van der Waals surface area contributed by atoms with Crippen LogP contribution in [0.25, 0.3) is 0 Å². The number of sulfonamides is 1. The van der Waals surface area contributed by atoms with Crippen molar-refractivity contribution in [2.45, 2.75) is 18.0 Å². The standard InChI is InChI=1S/C18H16ClFN2O2S/c19-15-6-8-18(9-7-15)25(23,24)21-12-17-5-2-10-22(17)13-14-3-1-4-16(20)11-14/h1-11,21H,12-13H2. The van der Waals surface area contributed by atoms with E-state index in [2.05, 4.69) is 4.72 Å². The van der Waals surface area contributed by atoms with Crippen LogP contribution in [0.3, 0.4) is 0 Å². The van der Waals surface area contributed by atoms with Gasteiger partial charge in [-0.15, -0.1) is 0 Å². The van der Waals surface area contributed by atoms with Gasteiger partial charge in [-0.25, -0.2) is 17.5 Å². The van der Waals surface area contributed by atoms with E-state index in [0.29, 0.717) is 11.6 Å². The number of rotatable bonds is 6. The lowest BCUT2D eigenvalue weighted by molar-refractivity contribution is 0.578. The molecule has 0 aliphatic heterocycles. The number of nitrogens with zero attached hydrogens (tertiary/aromatic N) is 1. The molecule has 7 heteroatoms. The zero-order valence-electron chi connectivity index (χ0n) is 13.2. The minimum Gasteiger partial charge on any atom is -0.346 e. The van der Waals surface area contributed by atoms with Crippen LogP contribution in [0.1, 0.15) is 11.3 Å². The van der Waals surface area contributed by atoms with Crippen LogP contribution < -0.4 is 4.72 Å². The number of hydrogen-bond donors (Lipinski definition) is 1. The lowest BCUT2D eigenvalue weighted by Gasteiger charge is -2.11. The molecular weight excluding hydrogens is 363 g/mol. The summed E-state index contributed by atoms with van der Waals surface area (Å²) in [4.78, 5) is 0.153. The van der Waals surface area contributed by atoms with Crippen LogP contribution in [0.5, 0.6) is 0 Å². The second kappa shape index (κ2) is 7.39. The minimum atomic E-state index is -3.63. The molecule has 0 amide bonds. The van der Waals surface area contributed by atoms with Gasteiger partial charge in [0.15, 0.2) is 0 Å². The first-order valence-corrected chi connectivity index (χ1v) is 9.44. The quantitative estimate of drug-likeness (QED) is 0.709. The van der Waals surface area contributed by atoms with E-state index < -0.39 is 10.0 Å². The van der Waals surface area contributed by atoms with Crippen LogP contribution in [-0.2, 0) is 23.1 Å². The van der Waals surface area contributed by atoms with Crippen molar-refractivity contribution in [3.05, 3.63) is 89.0 Å². The molecule has 3 aromatic rings. The van der Waals surface area contributed by atoms with Gasteiger partial charge in [-0.05, 0) is 54.1 Å². The number of nitrogens with one attached hydrogen (secondary N) is 1. The number of benzene rings is 2. The Morgan fingerprint density at radius 1 is 1.04 bits per heavy atom. The third kappa shape index (κ3) is 4.48. The van der Waals surface area contributed by atoms with E-state index in [0.717, 1.165) is 11.3 Å². The molecule has 0 aliphatic carbocycles. The molecule has 1 heterocycles. The van der Waals surface area contributed by atoms with Crippen molar-refractivity contribution in [3.8, 4) is 0 Å². The van der Waals surface area contributed by atoms with Gasteiger partial charge in [0.05, 0.1) is 11.4 Å². The minimum absolute atomic E-state index is 0.132. The van der Waals surface area contributed by atoms with E-state index in [-0.39, 0.29) is 17.3 Å². The molecule has 0 unspecified atom stereocenters. The molecule has 0 fully saturated rings. The summed E-state index contributed by atoms with van der Waals surface area (Å²) in [6.07, 6.45) is 1.83. The Kier molecular flexibility index (Phi) is 5.22. The largest absolute Gasteiger partial charge is 0.346 e. The molecule has 0 atom stereocenters. The molecule has 25 heavy (non-hydrogen) atoms. The summed E-state index contributed by atoms with van der Waals surface area (Å²) < 4.78 is 42.4. The van der Waals surface area contributed by atoms with Crippen LogP contribution in [0.4, 0.5) is 4.39 Å². The third-order valence-corrected chi connectivity index (χ3v) is 5.40. The molecule has 2 aromatic carbocycles. The van der Waals surface area contributed by atoms with Crippen molar-refractivity contribution >= 4 is 21.6 Å². The highest BCUT2D eigenvalue weighted by Gasteiger charge is 2.14. The normalized spacial score (nSPS) is 11.6. The number of hydrogen-bond acceptors (Lipinski definition) is 2. The van der Waals surface area contributed by atoms with E-state index in [4.69, 9.17) is 11.6 Å². The Labute approximate surface area is 150 Å². The highest BCUT2D eigenvalue weighted by atomic mass is 35.5. The average Bonchev–Trinajstić information content (AvgIpc) is 3.01. The molecule has 1 aromatic heterocycles. The van der Waals surface area contributed by atoms with Crippen molar-refractivity contribution in [1.29, 1.82) is 0 Å². The number of aromatic nitrogens is 1. The molecular formula is C18H16ClFN2O2S. The summed E-state index contributed by atoms with van der Waals surface area (Å²) in [5.74, 6) is -0.297. The Hall–Kier alpha value is -2.15. The van der Waals surface area contributed by atoms with Crippen molar-refractivity contribution in [1.82, 2.24) is 9.29 Å². The lowest BCUT2D eigenvalue weighted by atomic mass is 10.2. The Bertz CT molecular complexity index is 969. The van der Waals surface area contributed by atoms with Crippen molar-refractivity contribution in [2.75, 3.05) is 0 Å². The predicted octanol–water partition coefficient (Wildman–Crippen LogP) is 3.81. The fourth-order valence-corrected chi connectivity index (χ4v) is 3.59. The summed E-state index contributed by atoms with van der Waals surface area (Å²) in [5.41, 5.74) is 1.58. The maximum Gasteiger partial charge on any atom is 0.240 e. The Morgan fingerprint density at radius 3 is 2.52 bits per heavy atom. The topological polar surface area (TPSA) is 51.1 Å². The first kappa shape index (κ1) is 17.7. The van der Waals surface area contributed by atoms with Crippen LogP contribution >= 0.6 is 11.6 Å². The highest BCUT2D eigenvalue weighted by molar-refractivity contribution is 7.89. The van der Waals surface area contributed by atoms with Gasteiger partial charge in [-0.3, -0.25) is 0 Å². The first-order chi connectivity index (χ1) is 11.9. The molecule has 0 saturated carbocycles. The molecule has 130 valence electrons.